The monoisotopic (exact) mass is 307 g/mol. The zero-order valence-electron chi connectivity index (χ0n) is 10.9. The molecule has 104 valence electrons. The van der Waals surface area contributed by atoms with Crippen LogP contribution in [0.3, 0.4) is 0 Å². The number of benzene rings is 1. The lowest BCUT2D eigenvalue weighted by Gasteiger charge is -2.13. The van der Waals surface area contributed by atoms with E-state index in [1.54, 1.807) is 7.05 Å². The maximum absolute atomic E-state index is 11.6. The molecular weight excluding hydrogens is 294 g/mol. The van der Waals surface area contributed by atoms with Crippen molar-refractivity contribution < 1.29 is 9.90 Å². The highest BCUT2D eigenvalue weighted by atomic mass is 35.5. The summed E-state index contributed by atoms with van der Waals surface area (Å²) in [6, 6.07) is 8.20. The quantitative estimate of drug-likeness (QED) is 0.892. The minimum absolute atomic E-state index is 0.0862. The van der Waals surface area contributed by atoms with E-state index in [2.05, 4.69) is 17.4 Å². The van der Waals surface area contributed by atoms with Crippen LogP contribution in [0.1, 0.15) is 39.4 Å². The summed E-state index contributed by atoms with van der Waals surface area (Å²) in [5, 5.41) is 13.1. The van der Waals surface area contributed by atoms with Gasteiger partial charge in [0, 0.05) is 18.5 Å². The number of anilines is 1. The Morgan fingerprint density at radius 3 is 2.90 bits per heavy atom. The van der Waals surface area contributed by atoms with Crippen LogP contribution in [-0.2, 0) is 6.42 Å². The normalized spacial score (nSPS) is 17.0. The Bertz CT molecular complexity index is 681. The van der Waals surface area contributed by atoms with Crippen molar-refractivity contribution in [3.63, 3.8) is 0 Å². The molecule has 0 bridgehead atoms. The van der Waals surface area contributed by atoms with Gasteiger partial charge in [0.2, 0.25) is 0 Å². The maximum atomic E-state index is 11.6. The number of rotatable bonds is 3. The largest absolute Gasteiger partial charge is 0.478 e. The van der Waals surface area contributed by atoms with Gasteiger partial charge in [-0.25, -0.2) is 4.79 Å². The number of aryl methyl sites for hydroxylation is 1. The summed E-state index contributed by atoms with van der Waals surface area (Å²) in [6.45, 7) is 0. The summed E-state index contributed by atoms with van der Waals surface area (Å²) in [5.74, 6) is -0.833. The molecule has 1 heterocycles. The molecule has 0 fully saturated rings. The molecule has 1 aliphatic carbocycles. The summed E-state index contributed by atoms with van der Waals surface area (Å²) < 4.78 is 0.577. The van der Waals surface area contributed by atoms with Gasteiger partial charge in [-0.05, 0) is 24.0 Å². The van der Waals surface area contributed by atoms with Crippen molar-refractivity contribution in [3.8, 4) is 0 Å². The second-order valence-corrected chi connectivity index (χ2v) is 6.46. The summed E-state index contributed by atoms with van der Waals surface area (Å²) in [7, 11) is 1.72. The number of thiophene rings is 1. The molecule has 2 aromatic rings. The van der Waals surface area contributed by atoms with E-state index in [-0.39, 0.29) is 5.92 Å². The van der Waals surface area contributed by atoms with Crippen molar-refractivity contribution in [2.45, 2.75) is 18.8 Å². The highest BCUT2D eigenvalue weighted by Crippen LogP contribution is 2.47. The van der Waals surface area contributed by atoms with Crippen LogP contribution >= 0.6 is 22.9 Å². The molecule has 2 N–H and O–H groups in total. The molecule has 0 saturated heterocycles. The molecule has 20 heavy (non-hydrogen) atoms. The SMILES string of the molecule is CNc1sc(Cl)c(C2CCc3ccccc32)c1C(=O)O. The second kappa shape index (κ2) is 5.11. The molecule has 0 amide bonds. The van der Waals surface area contributed by atoms with Crippen molar-refractivity contribution in [1.82, 2.24) is 0 Å². The van der Waals surface area contributed by atoms with E-state index in [0.29, 0.717) is 14.9 Å². The first-order valence-electron chi connectivity index (χ1n) is 6.44. The van der Waals surface area contributed by atoms with Crippen molar-refractivity contribution in [2.75, 3.05) is 12.4 Å². The fraction of sp³-hybridized carbons (Fsp3) is 0.267. The number of hydrogen-bond donors (Lipinski definition) is 2. The summed E-state index contributed by atoms with van der Waals surface area (Å²) in [6.07, 6.45) is 1.89. The molecule has 0 aliphatic heterocycles. The molecule has 1 atom stereocenters. The maximum Gasteiger partial charge on any atom is 0.339 e. The Balaban J connectivity index is 2.17. The lowest BCUT2D eigenvalue weighted by atomic mass is 9.92. The molecule has 0 spiro atoms. The van der Waals surface area contributed by atoms with Gasteiger partial charge in [-0.2, -0.15) is 0 Å². The number of halogens is 1. The summed E-state index contributed by atoms with van der Waals surface area (Å²) in [5.41, 5.74) is 3.59. The Hall–Kier alpha value is -1.52. The van der Waals surface area contributed by atoms with Crippen LogP contribution in [0.2, 0.25) is 4.34 Å². The number of carbonyl (C=O) groups is 1. The molecule has 1 aromatic carbocycles. The molecule has 0 radical (unpaired) electrons. The first-order valence-corrected chi connectivity index (χ1v) is 7.64. The molecular formula is C15H14ClNO2S. The standard InChI is InChI=1S/C15H14ClNO2S/c1-17-14-12(15(18)19)11(13(16)20-14)10-7-6-8-4-2-3-5-9(8)10/h2-5,10,17H,6-7H2,1H3,(H,18,19). The molecule has 0 saturated carbocycles. The lowest BCUT2D eigenvalue weighted by Crippen LogP contribution is -2.06. The number of carboxylic acids is 1. The van der Waals surface area contributed by atoms with Gasteiger partial charge in [0.05, 0.1) is 9.90 Å². The van der Waals surface area contributed by atoms with Crippen LogP contribution in [0.4, 0.5) is 5.00 Å². The van der Waals surface area contributed by atoms with E-state index >= 15 is 0 Å². The van der Waals surface area contributed by atoms with E-state index in [4.69, 9.17) is 11.6 Å². The fourth-order valence-corrected chi connectivity index (χ4v) is 4.37. The third kappa shape index (κ3) is 2.00. The van der Waals surface area contributed by atoms with Gasteiger partial charge in [0.25, 0.3) is 0 Å². The van der Waals surface area contributed by atoms with E-state index in [9.17, 15) is 9.90 Å². The Morgan fingerprint density at radius 2 is 2.20 bits per heavy atom. The molecule has 5 heteroatoms. The van der Waals surface area contributed by atoms with Gasteiger partial charge in [-0.1, -0.05) is 35.9 Å². The molecule has 3 rings (SSSR count). The van der Waals surface area contributed by atoms with Crippen molar-refractivity contribution in [2.24, 2.45) is 0 Å². The van der Waals surface area contributed by atoms with Crippen LogP contribution in [0, 0.1) is 0 Å². The molecule has 1 aromatic heterocycles. The van der Waals surface area contributed by atoms with Crippen molar-refractivity contribution in [1.29, 1.82) is 0 Å². The van der Waals surface area contributed by atoms with E-state index in [1.807, 2.05) is 12.1 Å². The third-order valence-electron chi connectivity index (χ3n) is 3.82. The smallest absolute Gasteiger partial charge is 0.339 e. The van der Waals surface area contributed by atoms with Crippen LogP contribution in [0.15, 0.2) is 24.3 Å². The van der Waals surface area contributed by atoms with Gasteiger partial charge in [0.15, 0.2) is 0 Å². The van der Waals surface area contributed by atoms with Crippen LogP contribution < -0.4 is 5.32 Å². The third-order valence-corrected chi connectivity index (χ3v) is 5.27. The minimum atomic E-state index is -0.920. The van der Waals surface area contributed by atoms with Gasteiger partial charge in [0.1, 0.15) is 5.00 Å². The number of nitrogens with one attached hydrogen (secondary N) is 1. The van der Waals surface area contributed by atoms with E-state index in [0.717, 1.165) is 18.4 Å². The molecule has 1 aliphatic rings. The van der Waals surface area contributed by atoms with Gasteiger partial charge < -0.3 is 10.4 Å². The highest BCUT2D eigenvalue weighted by Gasteiger charge is 2.32. The van der Waals surface area contributed by atoms with E-state index < -0.39 is 5.97 Å². The first-order chi connectivity index (χ1) is 9.63. The van der Waals surface area contributed by atoms with Crippen LogP contribution in [0.25, 0.3) is 0 Å². The van der Waals surface area contributed by atoms with Crippen LogP contribution in [-0.4, -0.2) is 18.1 Å². The van der Waals surface area contributed by atoms with Gasteiger partial charge >= 0.3 is 5.97 Å². The summed E-state index contributed by atoms with van der Waals surface area (Å²) >= 11 is 7.64. The van der Waals surface area contributed by atoms with Gasteiger partial charge in [-0.3, -0.25) is 0 Å². The number of carboxylic acid groups (broad SMARTS) is 1. The van der Waals surface area contributed by atoms with Crippen molar-refractivity contribution >= 4 is 33.9 Å². The first kappa shape index (κ1) is 13.5. The Morgan fingerprint density at radius 1 is 1.45 bits per heavy atom. The minimum Gasteiger partial charge on any atom is -0.478 e. The average Bonchev–Trinajstić information content (AvgIpc) is 2.99. The zero-order valence-corrected chi connectivity index (χ0v) is 12.5. The predicted octanol–water partition coefficient (Wildman–Crippen LogP) is 4.22. The van der Waals surface area contributed by atoms with Crippen LogP contribution in [0.5, 0.6) is 0 Å². The highest BCUT2D eigenvalue weighted by molar-refractivity contribution is 7.20. The average molecular weight is 308 g/mol. The molecule has 1 unspecified atom stereocenters. The predicted molar refractivity (Wildman–Crippen MR) is 82.4 cm³/mol. The Labute approximate surface area is 126 Å². The molecule has 3 nitrogen and oxygen atoms in total. The zero-order chi connectivity index (χ0) is 14.3. The fourth-order valence-electron chi connectivity index (χ4n) is 2.97. The van der Waals surface area contributed by atoms with Gasteiger partial charge in [-0.15, -0.1) is 11.3 Å². The topological polar surface area (TPSA) is 49.3 Å². The number of fused-ring (bicyclic) bond motifs is 1. The Kier molecular flexibility index (Phi) is 3.44. The number of aromatic carboxylic acids is 1. The van der Waals surface area contributed by atoms with E-state index in [1.165, 1.54) is 22.5 Å². The number of hydrogen-bond acceptors (Lipinski definition) is 3. The lowest BCUT2D eigenvalue weighted by molar-refractivity contribution is 0.0697. The van der Waals surface area contributed by atoms with Crippen molar-refractivity contribution in [3.05, 3.63) is 50.9 Å². The summed E-state index contributed by atoms with van der Waals surface area (Å²) in [4.78, 5) is 11.6. The second-order valence-electron chi connectivity index (χ2n) is 4.84.